The highest BCUT2D eigenvalue weighted by molar-refractivity contribution is 9.10. The van der Waals surface area contributed by atoms with Crippen LogP contribution in [0.5, 0.6) is 0 Å². The third-order valence-electron chi connectivity index (χ3n) is 2.38. The SMILES string of the molecule is CCNc1ncc(Br)cc1C(=O)O.NC(=O)c1cccnc1. The summed E-state index contributed by atoms with van der Waals surface area (Å²) in [5.41, 5.74) is 5.55. The van der Waals surface area contributed by atoms with Gasteiger partial charge in [-0.1, -0.05) is 0 Å². The number of carbonyl (C=O) groups excluding carboxylic acids is 1. The van der Waals surface area contributed by atoms with Gasteiger partial charge in [0.15, 0.2) is 0 Å². The molecule has 0 unspecified atom stereocenters. The fraction of sp³-hybridized carbons (Fsp3) is 0.143. The molecule has 7 nitrogen and oxygen atoms in total. The maximum Gasteiger partial charge on any atom is 0.339 e. The van der Waals surface area contributed by atoms with Crippen molar-refractivity contribution in [2.24, 2.45) is 5.73 Å². The van der Waals surface area contributed by atoms with E-state index in [1.54, 1.807) is 24.5 Å². The predicted molar refractivity (Wildman–Crippen MR) is 85.8 cm³/mol. The van der Waals surface area contributed by atoms with E-state index in [0.717, 1.165) is 0 Å². The van der Waals surface area contributed by atoms with Crippen LogP contribution < -0.4 is 11.1 Å². The van der Waals surface area contributed by atoms with Crippen molar-refractivity contribution >= 4 is 33.6 Å². The molecule has 0 aliphatic rings. The lowest BCUT2D eigenvalue weighted by Crippen LogP contribution is -2.10. The minimum atomic E-state index is -0.982. The van der Waals surface area contributed by atoms with Gasteiger partial charge in [-0.25, -0.2) is 9.78 Å². The molecule has 0 aliphatic heterocycles. The number of carboxylic acid groups (broad SMARTS) is 1. The molecule has 2 aromatic heterocycles. The first kappa shape index (κ1) is 17.6. The summed E-state index contributed by atoms with van der Waals surface area (Å²) in [7, 11) is 0. The molecule has 0 aromatic carbocycles. The highest BCUT2D eigenvalue weighted by atomic mass is 79.9. The van der Waals surface area contributed by atoms with Crippen molar-refractivity contribution < 1.29 is 14.7 Å². The van der Waals surface area contributed by atoms with Crippen molar-refractivity contribution in [3.05, 3.63) is 52.4 Å². The zero-order chi connectivity index (χ0) is 16.5. The Hall–Kier alpha value is -2.48. The van der Waals surface area contributed by atoms with Gasteiger partial charge < -0.3 is 16.2 Å². The molecule has 0 saturated carbocycles. The summed E-state index contributed by atoms with van der Waals surface area (Å²) in [4.78, 5) is 28.8. The second-order valence-corrected chi connectivity index (χ2v) is 4.91. The van der Waals surface area contributed by atoms with Gasteiger partial charge in [-0.3, -0.25) is 9.78 Å². The maximum atomic E-state index is 10.7. The number of primary amides is 1. The summed E-state index contributed by atoms with van der Waals surface area (Å²) in [5, 5.41) is 11.7. The molecule has 0 aliphatic carbocycles. The molecule has 0 radical (unpaired) electrons. The van der Waals surface area contributed by atoms with Gasteiger partial charge in [0.25, 0.3) is 0 Å². The van der Waals surface area contributed by atoms with Crippen molar-refractivity contribution in [2.75, 3.05) is 11.9 Å². The highest BCUT2D eigenvalue weighted by Crippen LogP contribution is 2.17. The van der Waals surface area contributed by atoms with E-state index in [-0.39, 0.29) is 5.56 Å². The summed E-state index contributed by atoms with van der Waals surface area (Å²) in [6.45, 7) is 2.53. The van der Waals surface area contributed by atoms with E-state index in [9.17, 15) is 9.59 Å². The highest BCUT2D eigenvalue weighted by Gasteiger charge is 2.10. The van der Waals surface area contributed by atoms with E-state index in [1.807, 2.05) is 6.92 Å². The lowest BCUT2D eigenvalue weighted by atomic mass is 10.2. The van der Waals surface area contributed by atoms with Crippen molar-refractivity contribution in [3.63, 3.8) is 0 Å². The van der Waals surface area contributed by atoms with Crippen molar-refractivity contribution in [1.29, 1.82) is 0 Å². The van der Waals surface area contributed by atoms with E-state index in [1.165, 1.54) is 12.3 Å². The number of anilines is 1. The first-order valence-corrected chi connectivity index (χ1v) is 7.07. The molecule has 2 heterocycles. The number of nitrogens with two attached hydrogens (primary N) is 1. The Morgan fingerprint density at radius 2 is 2.14 bits per heavy atom. The Balaban J connectivity index is 0.000000235. The molecule has 4 N–H and O–H groups in total. The van der Waals surface area contributed by atoms with Gasteiger partial charge >= 0.3 is 5.97 Å². The molecule has 2 rings (SSSR count). The Bertz CT molecular complexity index is 650. The molecule has 0 fully saturated rings. The number of carbonyl (C=O) groups is 2. The van der Waals surface area contributed by atoms with Crippen molar-refractivity contribution in [1.82, 2.24) is 9.97 Å². The number of aromatic carboxylic acids is 1. The topological polar surface area (TPSA) is 118 Å². The molecular formula is C14H15BrN4O3. The average molecular weight is 367 g/mol. The summed E-state index contributed by atoms with van der Waals surface area (Å²) in [6.07, 6.45) is 4.58. The van der Waals surface area contributed by atoms with Gasteiger partial charge in [-0.15, -0.1) is 0 Å². The van der Waals surface area contributed by atoms with Gasteiger partial charge in [0.1, 0.15) is 11.4 Å². The Morgan fingerprint density at radius 1 is 1.41 bits per heavy atom. The molecule has 0 spiro atoms. The Morgan fingerprint density at radius 3 is 2.59 bits per heavy atom. The predicted octanol–water partition coefficient (Wildman–Crippen LogP) is 2.15. The van der Waals surface area contributed by atoms with Gasteiger partial charge in [0, 0.05) is 29.6 Å². The van der Waals surface area contributed by atoms with E-state index in [2.05, 4.69) is 31.2 Å². The van der Waals surface area contributed by atoms with Crippen LogP contribution in [0.4, 0.5) is 5.82 Å². The number of nitrogens with zero attached hydrogens (tertiary/aromatic N) is 2. The number of amides is 1. The molecule has 0 saturated heterocycles. The molecule has 1 amide bonds. The number of rotatable bonds is 4. The Labute approximate surface area is 135 Å². The normalized spacial score (nSPS) is 9.36. The maximum absolute atomic E-state index is 10.7. The van der Waals surface area contributed by atoms with Gasteiger partial charge in [-0.05, 0) is 41.1 Å². The van der Waals surface area contributed by atoms with E-state index < -0.39 is 11.9 Å². The molecule has 8 heteroatoms. The summed E-state index contributed by atoms with van der Waals surface area (Å²) in [5.74, 6) is -1.02. The summed E-state index contributed by atoms with van der Waals surface area (Å²) >= 11 is 3.16. The van der Waals surface area contributed by atoms with Crippen LogP contribution >= 0.6 is 15.9 Å². The van der Waals surface area contributed by atoms with Crippen molar-refractivity contribution in [3.8, 4) is 0 Å². The van der Waals surface area contributed by atoms with Crippen LogP contribution in [0.1, 0.15) is 27.6 Å². The second-order valence-electron chi connectivity index (χ2n) is 3.99. The fourth-order valence-corrected chi connectivity index (χ4v) is 1.75. The number of pyridine rings is 2. The van der Waals surface area contributed by atoms with Gasteiger partial charge in [-0.2, -0.15) is 0 Å². The number of hydrogen-bond acceptors (Lipinski definition) is 5. The van der Waals surface area contributed by atoms with E-state index >= 15 is 0 Å². The lowest BCUT2D eigenvalue weighted by Gasteiger charge is -2.05. The van der Waals surface area contributed by atoms with Gasteiger partial charge in [0.2, 0.25) is 5.91 Å². The fourth-order valence-electron chi connectivity index (χ4n) is 1.42. The first-order valence-electron chi connectivity index (χ1n) is 6.28. The van der Waals surface area contributed by atoms with Crippen LogP contribution in [-0.2, 0) is 0 Å². The van der Waals surface area contributed by atoms with E-state index in [4.69, 9.17) is 10.8 Å². The third-order valence-corrected chi connectivity index (χ3v) is 2.81. The number of nitrogens with one attached hydrogen (secondary N) is 1. The molecule has 0 bridgehead atoms. The first-order chi connectivity index (χ1) is 10.5. The van der Waals surface area contributed by atoms with E-state index in [0.29, 0.717) is 22.4 Å². The number of hydrogen-bond donors (Lipinski definition) is 3. The Kier molecular flexibility index (Phi) is 6.97. The minimum absolute atomic E-state index is 0.177. The lowest BCUT2D eigenvalue weighted by molar-refractivity contribution is 0.0697. The molecular weight excluding hydrogens is 352 g/mol. The van der Waals surface area contributed by atoms with Crippen LogP contribution in [0.3, 0.4) is 0 Å². The molecule has 22 heavy (non-hydrogen) atoms. The summed E-state index contributed by atoms with van der Waals surface area (Å²) in [6, 6.07) is 4.81. The van der Waals surface area contributed by atoms with Crippen LogP contribution in [-0.4, -0.2) is 33.5 Å². The van der Waals surface area contributed by atoms with Gasteiger partial charge in [0.05, 0.1) is 5.56 Å². The second kappa shape index (κ2) is 8.73. The zero-order valence-corrected chi connectivity index (χ0v) is 13.4. The largest absolute Gasteiger partial charge is 0.478 e. The average Bonchev–Trinajstić information content (AvgIpc) is 2.50. The molecule has 2 aromatic rings. The van der Waals surface area contributed by atoms with Crippen LogP contribution in [0, 0.1) is 0 Å². The standard InChI is InChI=1S/C8H9BrN2O2.C6H6N2O/c1-2-10-7-6(8(12)13)3-5(9)4-11-7;7-6(9)5-2-1-3-8-4-5/h3-4H,2H2,1H3,(H,10,11)(H,12,13);1-4H,(H2,7,9). The number of aromatic nitrogens is 2. The van der Waals surface area contributed by atoms with Crippen LogP contribution in [0.2, 0.25) is 0 Å². The third kappa shape index (κ3) is 5.49. The summed E-state index contributed by atoms with van der Waals surface area (Å²) < 4.78 is 0.659. The van der Waals surface area contributed by atoms with Crippen LogP contribution in [0.25, 0.3) is 0 Å². The number of halogens is 1. The minimum Gasteiger partial charge on any atom is -0.478 e. The number of carboxylic acids is 1. The molecule has 116 valence electrons. The van der Waals surface area contributed by atoms with Crippen molar-refractivity contribution in [2.45, 2.75) is 6.92 Å². The van der Waals surface area contributed by atoms with Crippen LogP contribution in [0.15, 0.2) is 41.3 Å². The smallest absolute Gasteiger partial charge is 0.339 e. The quantitative estimate of drug-likeness (QED) is 0.762. The zero-order valence-electron chi connectivity index (χ0n) is 11.8. The monoisotopic (exact) mass is 366 g/mol. The molecule has 0 atom stereocenters.